The number of nitrogens with zero attached hydrogens (tertiary/aromatic N) is 1. The van der Waals surface area contributed by atoms with Crippen LogP contribution in [-0.4, -0.2) is 43.5 Å². The van der Waals surface area contributed by atoms with Crippen molar-refractivity contribution >= 4 is 46.7 Å². The van der Waals surface area contributed by atoms with Crippen molar-refractivity contribution in [2.24, 2.45) is 4.99 Å². The standard InChI is InChI=1S/C22H27N5O.HI/c1-16-6-5-7-17(14-16)21(28)24-12-13-26-22(23-2)25-11-10-18-15-27-20-9-4-3-8-19(18)20;/h3-9,14-15,27H,10-13H2,1-2H3,(H,24,28)(H2,23,25,26);1H. The Kier molecular flexibility index (Phi) is 8.98. The normalized spacial score (nSPS) is 11.0. The predicted molar refractivity (Wildman–Crippen MR) is 130 cm³/mol. The highest BCUT2D eigenvalue weighted by atomic mass is 127. The molecule has 0 saturated carbocycles. The summed E-state index contributed by atoms with van der Waals surface area (Å²) in [5, 5.41) is 10.7. The summed E-state index contributed by atoms with van der Waals surface area (Å²) in [4.78, 5) is 19.7. The lowest BCUT2D eigenvalue weighted by Crippen LogP contribution is -2.42. The maximum absolute atomic E-state index is 12.1. The number of H-pyrrole nitrogens is 1. The molecule has 154 valence electrons. The van der Waals surface area contributed by atoms with Crippen molar-refractivity contribution in [3.63, 3.8) is 0 Å². The predicted octanol–water partition coefficient (Wildman–Crippen LogP) is 3.23. The van der Waals surface area contributed by atoms with Crippen molar-refractivity contribution in [3.05, 3.63) is 71.4 Å². The second kappa shape index (κ2) is 11.5. The maximum Gasteiger partial charge on any atom is 0.251 e. The summed E-state index contributed by atoms with van der Waals surface area (Å²) in [6.45, 7) is 3.88. The second-order valence-corrected chi connectivity index (χ2v) is 6.66. The number of amides is 1. The summed E-state index contributed by atoms with van der Waals surface area (Å²) in [5.41, 5.74) is 4.19. The summed E-state index contributed by atoms with van der Waals surface area (Å²) in [6.07, 6.45) is 2.96. The lowest BCUT2D eigenvalue weighted by Gasteiger charge is -2.12. The van der Waals surface area contributed by atoms with Gasteiger partial charge in [0, 0.05) is 49.3 Å². The molecule has 1 aromatic heterocycles. The van der Waals surface area contributed by atoms with E-state index in [2.05, 4.69) is 50.3 Å². The Bertz CT molecular complexity index is 967. The minimum Gasteiger partial charge on any atom is -0.361 e. The lowest BCUT2D eigenvalue weighted by molar-refractivity contribution is 0.0954. The molecule has 2 aromatic carbocycles. The highest BCUT2D eigenvalue weighted by Gasteiger charge is 2.05. The van der Waals surface area contributed by atoms with E-state index in [1.165, 1.54) is 10.9 Å². The van der Waals surface area contributed by atoms with Crippen molar-refractivity contribution in [1.29, 1.82) is 0 Å². The topological polar surface area (TPSA) is 81.3 Å². The monoisotopic (exact) mass is 505 g/mol. The highest BCUT2D eigenvalue weighted by molar-refractivity contribution is 14.0. The number of aromatic nitrogens is 1. The zero-order valence-electron chi connectivity index (χ0n) is 16.8. The van der Waals surface area contributed by atoms with Crippen LogP contribution >= 0.6 is 24.0 Å². The SMILES string of the molecule is CN=C(NCCNC(=O)c1cccc(C)c1)NCCc1c[nH]c2ccccc12.I. The number of carbonyl (C=O) groups is 1. The number of rotatable bonds is 7. The lowest BCUT2D eigenvalue weighted by atomic mass is 10.1. The number of benzene rings is 2. The first-order valence-corrected chi connectivity index (χ1v) is 9.52. The molecule has 4 N–H and O–H groups in total. The van der Waals surface area contributed by atoms with E-state index in [9.17, 15) is 4.79 Å². The maximum atomic E-state index is 12.1. The molecule has 0 atom stereocenters. The van der Waals surface area contributed by atoms with Crippen LogP contribution in [0.25, 0.3) is 10.9 Å². The largest absolute Gasteiger partial charge is 0.361 e. The van der Waals surface area contributed by atoms with E-state index >= 15 is 0 Å². The molecule has 6 nitrogen and oxygen atoms in total. The summed E-state index contributed by atoms with van der Waals surface area (Å²) in [5.74, 6) is 0.664. The first-order valence-electron chi connectivity index (χ1n) is 9.52. The minimum atomic E-state index is -0.0622. The van der Waals surface area contributed by atoms with E-state index in [1.54, 1.807) is 7.05 Å². The number of aryl methyl sites for hydroxylation is 1. The molecule has 0 fully saturated rings. The van der Waals surface area contributed by atoms with Crippen LogP contribution in [0.3, 0.4) is 0 Å². The van der Waals surface area contributed by atoms with Gasteiger partial charge in [0.25, 0.3) is 5.91 Å². The third-order valence-electron chi connectivity index (χ3n) is 4.57. The van der Waals surface area contributed by atoms with E-state index in [4.69, 9.17) is 0 Å². The van der Waals surface area contributed by atoms with Gasteiger partial charge in [0.2, 0.25) is 0 Å². The number of hydrogen-bond donors (Lipinski definition) is 4. The Hall–Kier alpha value is -2.55. The number of nitrogens with one attached hydrogen (secondary N) is 4. The van der Waals surface area contributed by atoms with Crippen molar-refractivity contribution in [2.75, 3.05) is 26.7 Å². The van der Waals surface area contributed by atoms with E-state index in [-0.39, 0.29) is 29.9 Å². The van der Waals surface area contributed by atoms with Crippen LogP contribution in [0.15, 0.2) is 59.7 Å². The number of aromatic amines is 1. The third kappa shape index (κ3) is 6.49. The van der Waals surface area contributed by atoms with Crippen LogP contribution in [-0.2, 0) is 6.42 Å². The average molecular weight is 505 g/mol. The smallest absolute Gasteiger partial charge is 0.251 e. The van der Waals surface area contributed by atoms with Gasteiger partial charge in [-0.3, -0.25) is 9.79 Å². The quantitative estimate of drug-likeness (QED) is 0.172. The molecule has 0 aliphatic rings. The van der Waals surface area contributed by atoms with Crippen molar-refractivity contribution in [2.45, 2.75) is 13.3 Å². The number of hydrogen-bond acceptors (Lipinski definition) is 2. The molecule has 0 aliphatic heterocycles. The molecule has 3 aromatic rings. The number of fused-ring (bicyclic) bond motifs is 1. The van der Waals surface area contributed by atoms with Crippen molar-refractivity contribution in [3.8, 4) is 0 Å². The van der Waals surface area contributed by atoms with Crippen LogP contribution in [0.4, 0.5) is 0 Å². The van der Waals surface area contributed by atoms with Gasteiger partial charge in [-0.05, 0) is 37.1 Å². The zero-order chi connectivity index (χ0) is 19.8. The first-order chi connectivity index (χ1) is 13.7. The number of aliphatic imine (C=N–C) groups is 1. The van der Waals surface area contributed by atoms with Crippen LogP contribution < -0.4 is 16.0 Å². The van der Waals surface area contributed by atoms with E-state index in [1.807, 2.05) is 37.3 Å². The fourth-order valence-corrected chi connectivity index (χ4v) is 3.12. The van der Waals surface area contributed by atoms with E-state index < -0.39 is 0 Å². The van der Waals surface area contributed by atoms with Gasteiger partial charge >= 0.3 is 0 Å². The van der Waals surface area contributed by atoms with E-state index in [0.29, 0.717) is 18.7 Å². The molecule has 7 heteroatoms. The molecule has 0 bridgehead atoms. The molecule has 1 amide bonds. The van der Waals surface area contributed by atoms with Crippen LogP contribution in [0.5, 0.6) is 0 Å². The zero-order valence-corrected chi connectivity index (χ0v) is 19.1. The summed E-state index contributed by atoms with van der Waals surface area (Å²) in [7, 11) is 1.74. The molecule has 29 heavy (non-hydrogen) atoms. The minimum absolute atomic E-state index is 0. The number of guanidine groups is 1. The molecule has 3 rings (SSSR count). The van der Waals surface area contributed by atoms with Crippen LogP contribution in [0.2, 0.25) is 0 Å². The molecular weight excluding hydrogens is 477 g/mol. The summed E-state index contributed by atoms with van der Waals surface area (Å²) in [6, 6.07) is 15.9. The van der Waals surface area contributed by atoms with Gasteiger partial charge in [-0.2, -0.15) is 0 Å². The molecule has 0 radical (unpaired) electrons. The molecule has 0 spiro atoms. The van der Waals surface area contributed by atoms with Gasteiger partial charge in [0.15, 0.2) is 5.96 Å². The fraction of sp³-hybridized carbons (Fsp3) is 0.273. The first kappa shape index (κ1) is 22.7. The second-order valence-electron chi connectivity index (χ2n) is 6.66. The van der Waals surface area contributed by atoms with Gasteiger partial charge in [0.05, 0.1) is 0 Å². The van der Waals surface area contributed by atoms with Crippen LogP contribution in [0.1, 0.15) is 21.5 Å². The Morgan fingerprint density at radius 1 is 1.00 bits per heavy atom. The Morgan fingerprint density at radius 2 is 1.76 bits per heavy atom. The average Bonchev–Trinajstić information content (AvgIpc) is 3.12. The molecule has 0 saturated heterocycles. The molecule has 1 heterocycles. The molecule has 0 aliphatic carbocycles. The van der Waals surface area contributed by atoms with Gasteiger partial charge in [-0.25, -0.2) is 0 Å². The fourth-order valence-electron chi connectivity index (χ4n) is 3.12. The number of halogens is 1. The van der Waals surface area contributed by atoms with E-state index in [0.717, 1.165) is 30.0 Å². The van der Waals surface area contributed by atoms with Crippen molar-refractivity contribution in [1.82, 2.24) is 20.9 Å². The Balaban J connectivity index is 0.00000300. The van der Waals surface area contributed by atoms with Gasteiger partial charge < -0.3 is 20.9 Å². The molecule has 0 unspecified atom stereocenters. The van der Waals surface area contributed by atoms with Gasteiger partial charge in [0.1, 0.15) is 0 Å². The third-order valence-corrected chi connectivity index (χ3v) is 4.57. The Morgan fingerprint density at radius 3 is 2.55 bits per heavy atom. The van der Waals surface area contributed by atoms with Crippen LogP contribution in [0, 0.1) is 6.92 Å². The number of carbonyl (C=O) groups excluding carboxylic acids is 1. The summed E-state index contributed by atoms with van der Waals surface area (Å²) < 4.78 is 0. The van der Waals surface area contributed by atoms with Crippen molar-refractivity contribution < 1.29 is 4.79 Å². The highest BCUT2D eigenvalue weighted by Crippen LogP contribution is 2.17. The Labute approximate surface area is 188 Å². The molecular formula is C22H28IN5O. The van der Waals surface area contributed by atoms with Gasteiger partial charge in [-0.1, -0.05) is 35.9 Å². The summed E-state index contributed by atoms with van der Waals surface area (Å²) >= 11 is 0. The van der Waals surface area contributed by atoms with Gasteiger partial charge in [-0.15, -0.1) is 24.0 Å². The number of para-hydroxylation sites is 1.